The van der Waals surface area contributed by atoms with E-state index in [-0.39, 0.29) is 12.1 Å². The van der Waals surface area contributed by atoms with Crippen molar-refractivity contribution in [1.29, 1.82) is 0 Å². The highest BCUT2D eigenvalue weighted by molar-refractivity contribution is 5.64. The molecule has 2 aromatic rings. The van der Waals surface area contributed by atoms with Gasteiger partial charge in [-0.1, -0.05) is 12.1 Å². The number of hydrogen-bond donors (Lipinski definition) is 0. The number of methoxy groups -OCH3 is 1. The van der Waals surface area contributed by atoms with Gasteiger partial charge in [-0.3, -0.25) is 9.58 Å². The molecule has 2 heterocycles. The predicted molar refractivity (Wildman–Crippen MR) is 100 cm³/mol. The van der Waals surface area contributed by atoms with Crippen molar-refractivity contribution in [3.63, 3.8) is 0 Å². The zero-order valence-electron chi connectivity index (χ0n) is 16.3. The average Bonchev–Trinajstić information content (AvgIpc) is 3.06. The van der Waals surface area contributed by atoms with Crippen molar-refractivity contribution in [3.05, 3.63) is 36.0 Å². The molecule has 1 aromatic heterocycles. The summed E-state index contributed by atoms with van der Waals surface area (Å²) in [7, 11) is 1.63. The van der Waals surface area contributed by atoms with Crippen molar-refractivity contribution in [1.82, 2.24) is 14.7 Å². The summed E-state index contributed by atoms with van der Waals surface area (Å²) < 4.78 is 38.5. The minimum atomic E-state index is -2.47. The summed E-state index contributed by atoms with van der Waals surface area (Å²) >= 11 is 0. The van der Waals surface area contributed by atoms with Gasteiger partial charge in [0.25, 0.3) is 6.43 Å². The molecule has 1 unspecified atom stereocenters. The number of morpholine rings is 1. The quantitative estimate of drug-likeness (QED) is 0.793. The van der Waals surface area contributed by atoms with Gasteiger partial charge in [0.2, 0.25) is 0 Å². The summed E-state index contributed by atoms with van der Waals surface area (Å²) in [6.07, 6.45) is -1.48. The Hall–Kier alpha value is -1.99. The van der Waals surface area contributed by atoms with Crippen LogP contribution in [0.1, 0.15) is 26.3 Å². The van der Waals surface area contributed by atoms with Crippen LogP contribution in [-0.4, -0.2) is 54.0 Å². The lowest BCUT2D eigenvalue weighted by Gasteiger charge is -2.32. The van der Waals surface area contributed by atoms with E-state index in [1.165, 1.54) is 0 Å². The third kappa shape index (κ3) is 4.65. The van der Waals surface area contributed by atoms with Crippen molar-refractivity contribution in [3.8, 4) is 17.0 Å². The number of alkyl halides is 2. The van der Waals surface area contributed by atoms with Gasteiger partial charge in [-0.15, -0.1) is 0 Å². The number of rotatable bonds is 5. The number of aromatic nitrogens is 2. The van der Waals surface area contributed by atoms with E-state index in [0.29, 0.717) is 19.7 Å². The van der Waals surface area contributed by atoms with Gasteiger partial charge in [0.1, 0.15) is 11.9 Å². The van der Waals surface area contributed by atoms with E-state index >= 15 is 0 Å². The Morgan fingerprint density at radius 3 is 2.78 bits per heavy atom. The molecule has 1 aromatic carbocycles. The zero-order valence-corrected chi connectivity index (χ0v) is 16.3. The van der Waals surface area contributed by atoms with Gasteiger partial charge in [-0.05, 0) is 32.9 Å². The van der Waals surface area contributed by atoms with E-state index in [1.54, 1.807) is 7.11 Å². The number of nitrogens with zero attached hydrogens (tertiary/aromatic N) is 3. The molecule has 1 atom stereocenters. The van der Waals surface area contributed by atoms with E-state index < -0.39 is 12.5 Å². The molecule has 0 aliphatic carbocycles. The fourth-order valence-electron chi connectivity index (χ4n) is 3.15. The summed E-state index contributed by atoms with van der Waals surface area (Å²) in [5.74, 6) is 0.757. The SMILES string of the molecule is COc1cccc(-c2nn(C(C)(C)C)cc2CN2CCOC(C(F)F)C2)c1. The summed E-state index contributed by atoms with van der Waals surface area (Å²) in [5.41, 5.74) is 2.63. The molecule has 0 saturated carbocycles. The second kappa shape index (κ2) is 7.94. The summed E-state index contributed by atoms with van der Waals surface area (Å²) in [6, 6.07) is 7.75. The molecule has 0 spiro atoms. The van der Waals surface area contributed by atoms with E-state index in [4.69, 9.17) is 14.6 Å². The summed E-state index contributed by atoms with van der Waals surface area (Å²) in [4.78, 5) is 2.01. The molecule has 1 fully saturated rings. The van der Waals surface area contributed by atoms with Crippen LogP contribution in [0, 0.1) is 0 Å². The molecule has 27 heavy (non-hydrogen) atoms. The highest BCUT2D eigenvalue weighted by Gasteiger charge is 2.29. The Labute approximate surface area is 158 Å². The van der Waals surface area contributed by atoms with Crippen molar-refractivity contribution < 1.29 is 18.3 Å². The number of benzene rings is 1. The predicted octanol–water partition coefficient (Wildman–Crippen LogP) is 3.78. The molecule has 5 nitrogen and oxygen atoms in total. The largest absolute Gasteiger partial charge is 0.497 e. The van der Waals surface area contributed by atoms with E-state index in [0.717, 1.165) is 22.6 Å². The van der Waals surface area contributed by atoms with Crippen molar-refractivity contribution in [2.45, 2.75) is 45.4 Å². The van der Waals surface area contributed by atoms with Crippen molar-refractivity contribution in [2.24, 2.45) is 0 Å². The van der Waals surface area contributed by atoms with Crippen molar-refractivity contribution in [2.75, 3.05) is 26.8 Å². The molecule has 0 bridgehead atoms. The highest BCUT2D eigenvalue weighted by atomic mass is 19.3. The molecule has 0 radical (unpaired) electrons. The first-order valence-corrected chi connectivity index (χ1v) is 9.13. The van der Waals surface area contributed by atoms with Gasteiger partial charge in [0.05, 0.1) is 24.9 Å². The lowest BCUT2D eigenvalue weighted by molar-refractivity contribution is -0.104. The van der Waals surface area contributed by atoms with E-state index in [2.05, 4.69) is 20.8 Å². The van der Waals surface area contributed by atoms with Crippen LogP contribution < -0.4 is 4.74 Å². The van der Waals surface area contributed by atoms with Crippen LogP contribution in [0.15, 0.2) is 30.5 Å². The lowest BCUT2D eigenvalue weighted by Crippen LogP contribution is -2.45. The van der Waals surface area contributed by atoms with Gasteiger partial charge in [-0.25, -0.2) is 8.78 Å². The van der Waals surface area contributed by atoms with Gasteiger partial charge >= 0.3 is 0 Å². The molecule has 7 heteroatoms. The molecule has 3 rings (SSSR count). The zero-order chi connectivity index (χ0) is 19.6. The van der Waals surface area contributed by atoms with Gasteiger partial charge in [0.15, 0.2) is 0 Å². The molecule has 148 valence electrons. The Morgan fingerprint density at radius 1 is 1.33 bits per heavy atom. The smallest absolute Gasteiger partial charge is 0.265 e. The summed E-state index contributed by atoms with van der Waals surface area (Å²) in [5, 5.41) is 4.80. The van der Waals surface area contributed by atoms with Crippen LogP contribution in [0.5, 0.6) is 5.75 Å². The van der Waals surface area contributed by atoms with Crippen LogP contribution in [-0.2, 0) is 16.8 Å². The minimum absolute atomic E-state index is 0.178. The van der Waals surface area contributed by atoms with Gasteiger partial charge in [0, 0.05) is 37.0 Å². The van der Waals surface area contributed by atoms with Gasteiger partial charge in [-0.2, -0.15) is 5.10 Å². The second-order valence-electron chi connectivity index (χ2n) is 7.83. The van der Waals surface area contributed by atoms with Crippen LogP contribution in [0.3, 0.4) is 0 Å². The Morgan fingerprint density at radius 2 is 2.11 bits per heavy atom. The first-order chi connectivity index (χ1) is 12.8. The normalized spacial score (nSPS) is 18.9. The van der Waals surface area contributed by atoms with Crippen LogP contribution in [0.2, 0.25) is 0 Å². The summed E-state index contributed by atoms with van der Waals surface area (Å²) in [6.45, 7) is 7.96. The first-order valence-electron chi connectivity index (χ1n) is 9.13. The van der Waals surface area contributed by atoms with Crippen molar-refractivity contribution >= 4 is 0 Å². The van der Waals surface area contributed by atoms with Crippen LogP contribution in [0.25, 0.3) is 11.3 Å². The standard InChI is InChI=1S/C20H27F2N3O2/c1-20(2,3)25-12-15(11-24-8-9-27-17(13-24)19(21)22)18(23-25)14-6-5-7-16(10-14)26-4/h5-7,10,12,17,19H,8-9,11,13H2,1-4H3. The lowest BCUT2D eigenvalue weighted by atomic mass is 10.1. The fraction of sp³-hybridized carbons (Fsp3) is 0.550. The topological polar surface area (TPSA) is 39.5 Å². The van der Waals surface area contributed by atoms with E-state index in [9.17, 15) is 8.78 Å². The number of hydrogen-bond acceptors (Lipinski definition) is 4. The van der Waals surface area contributed by atoms with Crippen LogP contribution >= 0.6 is 0 Å². The number of halogens is 2. The average molecular weight is 379 g/mol. The molecule has 1 saturated heterocycles. The third-order valence-corrected chi connectivity index (χ3v) is 4.67. The molecule has 0 N–H and O–H groups in total. The second-order valence-corrected chi connectivity index (χ2v) is 7.83. The molecule has 1 aliphatic heterocycles. The number of ether oxygens (including phenoxy) is 2. The Balaban J connectivity index is 1.92. The fourth-order valence-corrected chi connectivity index (χ4v) is 3.15. The molecule has 0 amide bonds. The van der Waals surface area contributed by atoms with E-state index in [1.807, 2.05) is 40.0 Å². The maximum Gasteiger partial charge on any atom is 0.265 e. The molecule has 1 aliphatic rings. The monoisotopic (exact) mass is 379 g/mol. The minimum Gasteiger partial charge on any atom is -0.497 e. The first kappa shape index (κ1) is 19.8. The van der Waals surface area contributed by atoms with Crippen LogP contribution in [0.4, 0.5) is 8.78 Å². The Kier molecular flexibility index (Phi) is 5.81. The molecular weight excluding hydrogens is 352 g/mol. The third-order valence-electron chi connectivity index (χ3n) is 4.67. The maximum atomic E-state index is 13.0. The van der Waals surface area contributed by atoms with Gasteiger partial charge < -0.3 is 9.47 Å². The highest BCUT2D eigenvalue weighted by Crippen LogP contribution is 2.29. The maximum absolute atomic E-state index is 13.0. The molecular formula is C20H27F2N3O2. The Bertz CT molecular complexity index is 771.